The summed E-state index contributed by atoms with van der Waals surface area (Å²) in [5.74, 6) is 0.654. The summed E-state index contributed by atoms with van der Waals surface area (Å²) in [4.78, 5) is 14.2. The number of anilines is 1. The summed E-state index contributed by atoms with van der Waals surface area (Å²) in [6, 6.07) is 20.4. The van der Waals surface area contributed by atoms with Gasteiger partial charge in [-0.1, -0.05) is 66.3 Å². The van der Waals surface area contributed by atoms with Crippen LogP contribution in [0.2, 0.25) is 15.1 Å². The Morgan fingerprint density at radius 3 is 2.50 bits per heavy atom. The molecule has 0 bridgehead atoms. The zero-order valence-corrected chi connectivity index (χ0v) is 22.7. The Hall–Kier alpha value is -3.58. The molecule has 0 unspecified atom stereocenters. The van der Waals surface area contributed by atoms with Crippen LogP contribution >= 0.6 is 34.8 Å². The molecular formula is C29H23Cl3N4O2. The lowest BCUT2D eigenvalue weighted by Crippen LogP contribution is -2.08. The Morgan fingerprint density at radius 1 is 0.974 bits per heavy atom. The molecule has 3 aromatic carbocycles. The second kappa shape index (κ2) is 11.4. The Morgan fingerprint density at radius 2 is 1.74 bits per heavy atom. The number of benzene rings is 3. The lowest BCUT2D eigenvalue weighted by atomic mass is 10.1. The summed E-state index contributed by atoms with van der Waals surface area (Å²) < 4.78 is 5.80. The van der Waals surface area contributed by atoms with E-state index in [4.69, 9.17) is 39.2 Å². The third kappa shape index (κ3) is 5.78. The first kappa shape index (κ1) is 26.0. The van der Waals surface area contributed by atoms with E-state index in [-0.39, 0.29) is 5.91 Å². The van der Waals surface area contributed by atoms with Gasteiger partial charge in [0.05, 0.1) is 26.4 Å². The smallest absolute Gasteiger partial charge is 0.248 e. The number of amides is 1. The molecule has 0 saturated heterocycles. The molecule has 0 fully saturated rings. The highest BCUT2D eigenvalue weighted by Gasteiger charge is 2.12. The Labute approximate surface area is 234 Å². The summed E-state index contributed by atoms with van der Waals surface area (Å²) in [7, 11) is 0. The monoisotopic (exact) mass is 564 g/mol. The molecule has 0 aliphatic rings. The molecule has 0 atom stereocenters. The molecule has 5 rings (SSSR count). The van der Waals surface area contributed by atoms with E-state index in [0.717, 1.165) is 24.9 Å². The fourth-order valence-electron chi connectivity index (χ4n) is 3.94. The zero-order chi connectivity index (χ0) is 26.6. The number of fused-ring (bicyclic) bond motifs is 1. The molecule has 0 radical (unpaired) electrons. The van der Waals surface area contributed by atoms with Crippen molar-refractivity contribution in [2.45, 2.75) is 26.2 Å². The van der Waals surface area contributed by atoms with Crippen molar-refractivity contribution in [3.8, 4) is 17.0 Å². The highest BCUT2D eigenvalue weighted by Crippen LogP contribution is 2.34. The van der Waals surface area contributed by atoms with Crippen LogP contribution in [0.5, 0.6) is 0 Å². The fraction of sp³-hybridized carbons (Fsp3) is 0.138. The molecule has 6 nitrogen and oxygen atoms in total. The maximum Gasteiger partial charge on any atom is 0.248 e. The summed E-state index contributed by atoms with van der Waals surface area (Å²) in [5, 5.41) is 13.1. The minimum absolute atomic E-state index is 0.358. The number of carbonyl (C=O) groups excluding carboxylic acids is 1. The molecule has 2 heterocycles. The largest absolute Gasteiger partial charge is 0.457 e. The third-order valence-corrected chi connectivity index (χ3v) is 7.09. The van der Waals surface area contributed by atoms with Gasteiger partial charge in [0.25, 0.3) is 0 Å². The first-order valence-electron chi connectivity index (χ1n) is 12.1. The number of aromatic nitrogens is 3. The number of furan rings is 1. The molecule has 38 heavy (non-hydrogen) atoms. The van der Waals surface area contributed by atoms with Gasteiger partial charge in [-0.05, 0) is 73.0 Å². The molecular weight excluding hydrogens is 543 g/mol. The van der Waals surface area contributed by atoms with E-state index in [9.17, 15) is 4.79 Å². The molecule has 0 saturated carbocycles. The molecule has 192 valence electrons. The number of aryl methyl sites for hydroxylation is 1. The SMILES string of the molecule is CCCCc1ccc(-n2nc3cc(Cl)c(NC(=O)C=Cc4ccc(-c5cccc(Cl)c5Cl)o4)cc3n2)cc1. The lowest BCUT2D eigenvalue weighted by Gasteiger charge is -2.04. The third-order valence-electron chi connectivity index (χ3n) is 5.96. The second-order valence-electron chi connectivity index (χ2n) is 8.71. The number of nitrogens with one attached hydrogen (secondary N) is 1. The fourth-order valence-corrected chi connectivity index (χ4v) is 4.54. The number of hydrogen-bond acceptors (Lipinski definition) is 4. The van der Waals surface area contributed by atoms with E-state index in [1.165, 1.54) is 11.6 Å². The average molecular weight is 566 g/mol. The molecule has 2 aromatic heterocycles. The van der Waals surface area contributed by atoms with Crippen LogP contribution in [-0.2, 0) is 11.2 Å². The number of hydrogen-bond donors (Lipinski definition) is 1. The van der Waals surface area contributed by atoms with E-state index in [1.54, 1.807) is 47.3 Å². The van der Waals surface area contributed by atoms with Gasteiger partial charge in [-0.15, -0.1) is 10.2 Å². The van der Waals surface area contributed by atoms with Crippen LogP contribution in [0, 0.1) is 0 Å². The van der Waals surface area contributed by atoms with Crippen LogP contribution in [0.3, 0.4) is 0 Å². The Balaban J connectivity index is 1.29. The van der Waals surface area contributed by atoms with Gasteiger partial charge < -0.3 is 9.73 Å². The van der Waals surface area contributed by atoms with Crippen molar-refractivity contribution >= 4 is 63.5 Å². The number of nitrogens with zero attached hydrogens (tertiary/aromatic N) is 3. The quantitative estimate of drug-likeness (QED) is 0.191. The summed E-state index contributed by atoms with van der Waals surface area (Å²) in [6.45, 7) is 2.18. The first-order valence-corrected chi connectivity index (χ1v) is 13.2. The molecule has 0 aliphatic carbocycles. The van der Waals surface area contributed by atoms with Crippen LogP contribution in [0.25, 0.3) is 34.1 Å². The Bertz CT molecular complexity index is 1640. The molecule has 1 amide bonds. The number of halogens is 3. The first-order chi connectivity index (χ1) is 18.4. The number of rotatable bonds is 8. The maximum absolute atomic E-state index is 12.6. The van der Waals surface area contributed by atoms with Gasteiger partial charge in [-0.25, -0.2) is 0 Å². The Kier molecular flexibility index (Phi) is 7.84. The van der Waals surface area contributed by atoms with Gasteiger partial charge in [0.2, 0.25) is 5.91 Å². The van der Waals surface area contributed by atoms with E-state index in [2.05, 4.69) is 34.6 Å². The predicted octanol–water partition coefficient (Wildman–Crippen LogP) is 8.64. The summed E-state index contributed by atoms with van der Waals surface area (Å²) in [5.41, 5.74) is 4.47. The van der Waals surface area contributed by atoms with Gasteiger partial charge in [0.15, 0.2) is 0 Å². The van der Waals surface area contributed by atoms with Crippen molar-refractivity contribution in [1.82, 2.24) is 15.0 Å². The van der Waals surface area contributed by atoms with E-state index >= 15 is 0 Å². The van der Waals surface area contributed by atoms with Crippen LogP contribution in [0.15, 0.2) is 77.2 Å². The molecule has 5 aromatic rings. The molecule has 0 aliphatic heterocycles. The van der Waals surface area contributed by atoms with Crippen LogP contribution in [-0.4, -0.2) is 20.9 Å². The number of unbranched alkanes of at least 4 members (excludes halogenated alkanes) is 1. The minimum atomic E-state index is -0.375. The van der Waals surface area contributed by atoms with Crippen LogP contribution < -0.4 is 5.32 Å². The van der Waals surface area contributed by atoms with E-state index in [0.29, 0.717) is 48.9 Å². The molecule has 0 spiro atoms. The van der Waals surface area contributed by atoms with Crippen LogP contribution in [0.1, 0.15) is 31.1 Å². The second-order valence-corrected chi connectivity index (χ2v) is 9.90. The van der Waals surface area contributed by atoms with Gasteiger partial charge in [-0.3, -0.25) is 4.79 Å². The highest BCUT2D eigenvalue weighted by atomic mass is 35.5. The number of carbonyl (C=O) groups is 1. The van der Waals surface area contributed by atoms with Gasteiger partial charge in [0, 0.05) is 11.6 Å². The predicted molar refractivity (Wildman–Crippen MR) is 154 cm³/mol. The zero-order valence-electron chi connectivity index (χ0n) is 20.4. The van der Waals surface area contributed by atoms with Crippen molar-refractivity contribution in [1.29, 1.82) is 0 Å². The summed E-state index contributed by atoms with van der Waals surface area (Å²) >= 11 is 18.8. The average Bonchev–Trinajstić information content (AvgIpc) is 3.55. The van der Waals surface area contributed by atoms with Crippen molar-refractivity contribution in [3.63, 3.8) is 0 Å². The van der Waals surface area contributed by atoms with Crippen molar-refractivity contribution in [2.24, 2.45) is 0 Å². The standard InChI is InChI=1S/C29H23Cl3N4O2/c1-2-3-5-18-8-10-19(11-9-18)36-34-25-16-23(31)24(17-26(25)35-36)33-28(37)15-13-20-12-14-27(38-20)21-6-4-7-22(30)29(21)32/h4,6-17H,2-3,5H2,1H3,(H,33,37). The normalized spacial score (nSPS) is 11.5. The van der Waals surface area contributed by atoms with Crippen molar-refractivity contribution in [2.75, 3.05) is 5.32 Å². The van der Waals surface area contributed by atoms with Crippen LogP contribution in [0.4, 0.5) is 5.69 Å². The topological polar surface area (TPSA) is 73.0 Å². The highest BCUT2D eigenvalue weighted by molar-refractivity contribution is 6.43. The lowest BCUT2D eigenvalue weighted by molar-refractivity contribution is -0.111. The summed E-state index contributed by atoms with van der Waals surface area (Å²) in [6.07, 6.45) is 6.29. The molecule has 1 N–H and O–H groups in total. The van der Waals surface area contributed by atoms with Crippen molar-refractivity contribution < 1.29 is 9.21 Å². The van der Waals surface area contributed by atoms with Gasteiger partial charge in [-0.2, -0.15) is 4.80 Å². The minimum Gasteiger partial charge on any atom is -0.457 e. The maximum atomic E-state index is 12.6. The van der Waals surface area contributed by atoms with E-state index < -0.39 is 0 Å². The van der Waals surface area contributed by atoms with Crippen molar-refractivity contribution in [3.05, 3.63) is 99.2 Å². The van der Waals surface area contributed by atoms with Gasteiger partial charge in [0.1, 0.15) is 22.6 Å². The van der Waals surface area contributed by atoms with E-state index in [1.807, 2.05) is 18.2 Å². The van der Waals surface area contributed by atoms with Gasteiger partial charge >= 0.3 is 0 Å². The molecule has 9 heteroatoms.